The minimum atomic E-state index is -0.900. The zero-order chi connectivity index (χ0) is 16.2. The number of hydrogen-bond acceptors (Lipinski definition) is 3. The summed E-state index contributed by atoms with van der Waals surface area (Å²) in [5.74, 6) is -1.77. The van der Waals surface area contributed by atoms with Crippen molar-refractivity contribution in [1.82, 2.24) is 9.88 Å². The number of nitrogens with one attached hydrogen (secondary N) is 1. The van der Waals surface area contributed by atoms with Crippen LogP contribution in [0.15, 0.2) is 48.7 Å². The van der Waals surface area contributed by atoms with Crippen LogP contribution >= 0.6 is 0 Å². The van der Waals surface area contributed by atoms with Gasteiger partial charge in [0.15, 0.2) is 0 Å². The molecule has 23 heavy (non-hydrogen) atoms. The summed E-state index contributed by atoms with van der Waals surface area (Å²) < 4.78 is 5.29. The van der Waals surface area contributed by atoms with Crippen molar-refractivity contribution in [3.63, 3.8) is 0 Å². The van der Waals surface area contributed by atoms with E-state index in [-0.39, 0.29) is 19.1 Å². The molecule has 1 aromatic carbocycles. The number of H-pyrrole nitrogens is 1. The maximum Gasteiger partial charge on any atom is 0.410 e. The third kappa shape index (κ3) is 3.36. The van der Waals surface area contributed by atoms with Crippen molar-refractivity contribution in [2.75, 3.05) is 13.1 Å². The first kappa shape index (κ1) is 15.1. The molecule has 6 nitrogen and oxygen atoms in total. The minimum absolute atomic E-state index is 0.159. The number of carbonyl (C=O) groups is 2. The molecule has 1 aliphatic rings. The second-order valence-corrected chi connectivity index (χ2v) is 5.62. The molecule has 2 unspecified atom stereocenters. The van der Waals surface area contributed by atoms with E-state index >= 15 is 0 Å². The van der Waals surface area contributed by atoms with E-state index in [9.17, 15) is 14.7 Å². The lowest BCUT2D eigenvalue weighted by atomic mass is 9.93. The lowest BCUT2D eigenvalue weighted by Crippen LogP contribution is -2.30. The SMILES string of the molecule is O=C(O)C1CN(C(=O)OCc2ccccc2)CC1c1ccc[nH]1. The minimum Gasteiger partial charge on any atom is -0.481 e. The number of aromatic nitrogens is 1. The van der Waals surface area contributed by atoms with E-state index in [0.29, 0.717) is 6.54 Å². The van der Waals surface area contributed by atoms with Crippen molar-refractivity contribution in [3.05, 3.63) is 59.9 Å². The van der Waals surface area contributed by atoms with Gasteiger partial charge in [0.2, 0.25) is 0 Å². The van der Waals surface area contributed by atoms with Gasteiger partial charge in [-0.2, -0.15) is 0 Å². The number of amides is 1. The van der Waals surface area contributed by atoms with Crippen LogP contribution in [-0.2, 0) is 16.1 Å². The maximum atomic E-state index is 12.2. The van der Waals surface area contributed by atoms with Crippen molar-refractivity contribution in [2.24, 2.45) is 5.92 Å². The van der Waals surface area contributed by atoms with E-state index in [2.05, 4.69) is 4.98 Å². The second kappa shape index (κ2) is 6.56. The standard InChI is InChI=1S/C17H18N2O4/c20-16(21)14-10-19(9-13(14)15-7-4-8-18-15)17(22)23-11-12-5-2-1-3-6-12/h1-8,13-14,18H,9-11H2,(H,20,21). The van der Waals surface area contributed by atoms with Gasteiger partial charge in [0.1, 0.15) is 6.61 Å². The molecule has 1 aromatic heterocycles. The average molecular weight is 314 g/mol. The quantitative estimate of drug-likeness (QED) is 0.908. The average Bonchev–Trinajstić information content (AvgIpc) is 3.22. The Balaban J connectivity index is 1.64. The third-order valence-electron chi connectivity index (χ3n) is 4.12. The smallest absolute Gasteiger partial charge is 0.410 e. The predicted molar refractivity (Wildman–Crippen MR) is 82.9 cm³/mol. The van der Waals surface area contributed by atoms with E-state index in [1.807, 2.05) is 42.5 Å². The molecule has 1 fully saturated rings. The van der Waals surface area contributed by atoms with E-state index in [1.54, 1.807) is 6.20 Å². The number of aliphatic carboxylic acids is 1. The number of hydrogen-bond donors (Lipinski definition) is 2. The van der Waals surface area contributed by atoms with Crippen LogP contribution in [0.1, 0.15) is 17.2 Å². The summed E-state index contributed by atoms with van der Waals surface area (Å²) in [5, 5.41) is 9.40. The molecule has 2 heterocycles. The highest BCUT2D eigenvalue weighted by Crippen LogP contribution is 2.32. The molecule has 0 aliphatic carbocycles. The molecular formula is C17H18N2O4. The molecule has 6 heteroatoms. The lowest BCUT2D eigenvalue weighted by molar-refractivity contribution is -0.141. The van der Waals surface area contributed by atoms with Gasteiger partial charge in [-0.25, -0.2) is 4.79 Å². The first-order valence-electron chi connectivity index (χ1n) is 7.47. The van der Waals surface area contributed by atoms with Gasteiger partial charge in [-0.3, -0.25) is 4.79 Å². The molecule has 0 saturated carbocycles. The van der Waals surface area contributed by atoms with Crippen molar-refractivity contribution in [1.29, 1.82) is 0 Å². The Bertz CT molecular complexity index is 669. The van der Waals surface area contributed by atoms with E-state index in [4.69, 9.17) is 4.74 Å². The molecule has 0 spiro atoms. The summed E-state index contributed by atoms with van der Waals surface area (Å²) in [5.41, 5.74) is 1.73. The van der Waals surface area contributed by atoms with Crippen LogP contribution in [0.5, 0.6) is 0 Å². The first-order chi connectivity index (χ1) is 11.1. The normalized spacial score (nSPS) is 20.4. The fourth-order valence-electron chi connectivity index (χ4n) is 2.90. The summed E-state index contributed by atoms with van der Waals surface area (Å²) >= 11 is 0. The summed E-state index contributed by atoms with van der Waals surface area (Å²) in [6, 6.07) is 13.1. The number of carboxylic acids is 1. The predicted octanol–water partition coefficient (Wildman–Crippen LogP) is 2.45. The number of ether oxygens (including phenoxy) is 1. The maximum absolute atomic E-state index is 12.2. The molecule has 1 amide bonds. The fraction of sp³-hybridized carbons (Fsp3) is 0.294. The summed E-state index contributed by atoms with van der Waals surface area (Å²) in [4.78, 5) is 28.2. The van der Waals surface area contributed by atoms with Crippen molar-refractivity contribution in [3.8, 4) is 0 Å². The van der Waals surface area contributed by atoms with Gasteiger partial charge in [0.25, 0.3) is 0 Å². The number of carboxylic acid groups (broad SMARTS) is 1. The Morgan fingerprint density at radius 3 is 2.61 bits per heavy atom. The van der Waals surface area contributed by atoms with Crippen LogP contribution in [0.25, 0.3) is 0 Å². The van der Waals surface area contributed by atoms with E-state index < -0.39 is 18.0 Å². The van der Waals surface area contributed by atoms with Crippen LogP contribution in [0.2, 0.25) is 0 Å². The Morgan fingerprint density at radius 2 is 1.96 bits per heavy atom. The number of rotatable bonds is 4. The molecule has 120 valence electrons. The molecule has 3 rings (SSSR count). The molecule has 2 N–H and O–H groups in total. The van der Waals surface area contributed by atoms with Crippen molar-refractivity contribution in [2.45, 2.75) is 12.5 Å². The molecule has 0 bridgehead atoms. The van der Waals surface area contributed by atoms with Crippen molar-refractivity contribution >= 4 is 12.1 Å². The van der Waals surface area contributed by atoms with Gasteiger partial charge >= 0.3 is 12.1 Å². The highest BCUT2D eigenvalue weighted by Gasteiger charge is 2.41. The monoisotopic (exact) mass is 314 g/mol. The molecule has 1 saturated heterocycles. The van der Waals surface area contributed by atoms with Crippen LogP contribution in [-0.4, -0.2) is 40.1 Å². The van der Waals surface area contributed by atoms with Crippen LogP contribution < -0.4 is 0 Å². The van der Waals surface area contributed by atoms with Gasteiger partial charge < -0.3 is 19.7 Å². The second-order valence-electron chi connectivity index (χ2n) is 5.62. The van der Waals surface area contributed by atoms with Crippen LogP contribution in [0.4, 0.5) is 4.79 Å². The Labute approximate surface area is 133 Å². The zero-order valence-corrected chi connectivity index (χ0v) is 12.5. The topological polar surface area (TPSA) is 82.6 Å². The van der Waals surface area contributed by atoms with E-state index in [1.165, 1.54) is 4.90 Å². The number of likely N-dealkylation sites (tertiary alicyclic amines) is 1. The number of carbonyl (C=O) groups excluding carboxylic acids is 1. The summed E-state index contributed by atoms with van der Waals surface area (Å²) in [6.45, 7) is 0.679. The fourth-order valence-corrected chi connectivity index (χ4v) is 2.90. The molecule has 2 atom stereocenters. The van der Waals surface area contributed by atoms with Crippen LogP contribution in [0.3, 0.4) is 0 Å². The third-order valence-corrected chi connectivity index (χ3v) is 4.12. The zero-order valence-electron chi connectivity index (χ0n) is 12.5. The first-order valence-corrected chi connectivity index (χ1v) is 7.47. The van der Waals surface area contributed by atoms with Gasteiger partial charge in [-0.1, -0.05) is 30.3 Å². The van der Waals surface area contributed by atoms with Gasteiger partial charge in [0, 0.05) is 30.9 Å². The highest BCUT2D eigenvalue weighted by atomic mass is 16.6. The van der Waals surface area contributed by atoms with Gasteiger partial charge in [0.05, 0.1) is 5.92 Å². The van der Waals surface area contributed by atoms with Gasteiger partial charge in [-0.15, -0.1) is 0 Å². The van der Waals surface area contributed by atoms with Crippen LogP contribution in [0, 0.1) is 5.92 Å². The highest BCUT2D eigenvalue weighted by molar-refractivity contribution is 5.75. The van der Waals surface area contributed by atoms with Gasteiger partial charge in [-0.05, 0) is 17.7 Å². The molecule has 2 aromatic rings. The number of aromatic amines is 1. The molecular weight excluding hydrogens is 296 g/mol. The Kier molecular flexibility index (Phi) is 4.32. The summed E-state index contributed by atoms with van der Waals surface area (Å²) in [6.07, 6.45) is 1.28. The van der Waals surface area contributed by atoms with Crippen molar-refractivity contribution < 1.29 is 19.4 Å². The molecule has 1 aliphatic heterocycles. The van der Waals surface area contributed by atoms with E-state index in [0.717, 1.165) is 11.3 Å². The number of benzene rings is 1. The Hall–Kier alpha value is -2.76. The summed E-state index contributed by atoms with van der Waals surface area (Å²) in [7, 11) is 0. The Morgan fingerprint density at radius 1 is 1.17 bits per heavy atom. The number of nitrogens with zero attached hydrogens (tertiary/aromatic N) is 1. The lowest BCUT2D eigenvalue weighted by Gasteiger charge is -2.16. The largest absolute Gasteiger partial charge is 0.481 e. The molecule has 0 radical (unpaired) electrons.